The standard InChI is InChI=1S/C15H17NO2/c1-2-5-13(15(17)18)10-12-7-3-6-11-8-4-9-16-14(11)12/h3-4,6-9,13H,2,5,10H2,1H3,(H,17,18). The highest BCUT2D eigenvalue weighted by molar-refractivity contribution is 5.82. The van der Waals surface area contributed by atoms with Gasteiger partial charge in [-0.25, -0.2) is 0 Å². The number of para-hydroxylation sites is 1. The molecule has 0 aliphatic carbocycles. The van der Waals surface area contributed by atoms with Crippen LogP contribution in [0.5, 0.6) is 0 Å². The number of hydrogen-bond donors (Lipinski definition) is 1. The van der Waals surface area contributed by atoms with E-state index in [9.17, 15) is 9.90 Å². The van der Waals surface area contributed by atoms with Gasteiger partial charge in [-0.05, 0) is 24.5 Å². The summed E-state index contributed by atoms with van der Waals surface area (Å²) >= 11 is 0. The quantitative estimate of drug-likeness (QED) is 0.876. The third-order valence-corrected chi connectivity index (χ3v) is 3.17. The van der Waals surface area contributed by atoms with Gasteiger partial charge < -0.3 is 5.11 Å². The molecule has 0 aliphatic rings. The van der Waals surface area contributed by atoms with Gasteiger partial charge in [0.15, 0.2) is 0 Å². The number of fused-ring (bicyclic) bond motifs is 1. The maximum absolute atomic E-state index is 11.2. The third-order valence-electron chi connectivity index (χ3n) is 3.17. The van der Waals surface area contributed by atoms with Crippen LogP contribution in [-0.2, 0) is 11.2 Å². The zero-order valence-electron chi connectivity index (χ0n) is 10.5. The van der Waals surface area contributed by atoms with Gasteiger partial charge in [0.05, 0.1) is 11.4 Å². The largest absolute Gasteiger partial charge is 0.481 e. The average Bonchev–Trinajstić information content (AvgIpc) is 2.38. The summed E-state index contributed by atoms with van der Waals surface area (Å²) in [6.45, 7) is 2.01. The molecule has 2 aromatic rings. The van der Waals surface area contributed by atoms with E-state index in [1.54, 1.807) is 6.20 Å². The minimum Gasteiger partial charge on any atom is -0.481 e. The van der Waals surface area contributed by atoms with Crippen molar-refractivity contribution in [3.8, 4) is 0 Å². The molecule has 1 N–H and O–H groups in total. The van der Waals surface area contributed by atoms with E-state index < -0.39 is 5.97 Å². The topological polar surface area (TPSA) is 50.2 Å². The van der Waals surface area contributed by atoms with E-state index >= 15 is 0 Å². The Morgan fingerprint density at radius 2 is 2.11 bits per heavy atom. The summed E-state index contributed by atoms with van der Waals surface area (Å²) in [5, 5.41) is 10.3. The Balaban J connectivity index is 2.33. The molecule has 3 heteroatoms. The molecule has 0 aliphatic heterocycles. The first-order valence-corrected chi connectivity index (χ1v) is 6.27. The molecule has 94 valence electrons. The molecule has 0 fully saturated rings. The lowest BCUT2D eigenvalue weighted by molar-refractivity contribution is -0.141. The van der Waals surface area contributed by atoms with Crippen LogP contribution in [0.4, 0.5) is 0 Å². The van der Waals surface area contributed by atoms with E-state index in [2.05, 4.69) is 4.98 Å². The molecule has 0 saturated heterocycles. The lowest BCUT2D eigenvalue weighted by atomic mass is 9.94. The third kappa shape index (κ3) is 2.67. The number of pyridine rings is 1. The second kappa shape index (κ2) is 5.63. The van der Waals surface area contributed by atoms with Gasteiger partial charge in [0.25, 0.3) is 0 Å². The summed E-state index contributed by atoms with van der Waals surface area (Å²) in [6.07, 6.45) is 3.90. The van der Waals surface area contributed by atoms with E-state index in [0.29, 0.717) is 12.8 Å². The molecular formula is C15H17NO2. The number of carboxylic acid groups (broad SMARTS) is 1. The number of rotatable bonds is 5. The molecule has 0 amide bonds. The SMILES string of the molecule is CCCC(Cc1cccc2cccnc12)C(=O)O. The zero-order valence-corrected chi connectivity index (χ0v) is 10.5. The number of carbonyl (C=O) groups is 1. The van der Waals surface area contributed by atoms with Crippen molar-refractivity contribution in [3.05, 3.63) is 42.1 Å². The van der Waals surface area contributed by atoms with E-state index in [-0.39, 0.29) is 5.92 Å². The number of carboxylic acids is 1. The Kier molecular flexibility index (Phi) is 3.92. The Morgan fingerprint density at radius 1 is 1.33 bits per heavy atom. The van der Waals surface area contributed by atoms with E-state index in [4.69, 9.17) is 0 Å². The van der Waals surface area contributed by atoms with Crippen molar-refractivity contribution in [2.45, 2.75) is 26.2 Å². The van der Waals surface area contributed by atoms with Gasteiger partial charge in [-0.15, -0.1) is 0 Å². The summed E-state index contributed by atoms with van der Waals surface area (Å²) in [6, 6.07) is 9.83. The average molecular weight is 243 g/mol. The Bertz CT molecular complexity index is 546. The van der Waals surface area contributed by atoms with Crippen LogP contribution in [0, 0.1) is 5.92 Å². The molecule has 0 radical (unpaired) electrons. The van der Waals surface area contributed by atoms with Gasteiger partial charge in [-0.2, -0.15) is 0 Å². The summed E-state index contributed by atoms with van der Waals surface area (Å²) in [5.74, 6) is -1.03. The van der Waals surface area contributed by atoms with Gasteiger partial charge >= 0.3 is 5.97 Å². The highest BCUT2D eigenvalue weighted by Crippen LogP contribution is 2.21. The Morgan fingerprint density at radius 3 is 2.83 bits per heavy atom. The maximum Gasteiger partial charge on any atom is 0.306 e. The van der Waals surface area contributed by atoms with Crippen LogP contribution in [0.2, 0.25) is 0 Å². The summed E-state index contributed by atoms with van der Waals surface area (Å²) < 4.78 is 0. The highest BCUT2D eigenvalue weighted by atomic mass is 16.4. The number of nitrogens with zero attached hydrogens (tertiary/aromatic N) is 1. The molecule has 3 nitrogen and oxygen atoms in total. The molecular weight excluding hydrogens is 226 g/mol. The van der Waals surface area contributed by atoms with Crippen molar-refractivity contribution < 1.29 is 9.90 Å². The minimum absolute atomic E-state index is 0.317. The van der Waals surface area contributed by atoms with Crippen molar-refractivity contribution in [3.63, 3.8) is 0 Å². The fourth-order valence-electron chi connectivity index (χ4n) is 2.26. The van der Waals surface area contributed by atoms with Gasteiger partial charge in [0.2, 0.25) is 0 Å². The fraction of sp³-hybridized carbons (Fsp3) is 0.333. The van der Waals surface area contributed by atoms with Gasteiger partial charge in [-0.3, -0.25) is 9.78 Å². The molecule has 1 aromatic heterocycles. The predicted octanol–water partition coefficient (Wildman–Crippen LogP) is 3.28. The fourth-order valence-corrected chi connectivity index (χ4v) is 2.26. The molecule has 0 bridgehead atoms. The van der Waals surface area contributed by atoms with Crippen molar-refractivity contribution >= 4 is 16.9 Å². The van der Waals surface area contributed by atoms with Crippen LogP contribution in [0.3, 0.4) is 0 Å². The summed E-state index contributed by atoms with van der Waals surface area (Å²) in [5.41, 5.74) is 1.94. The van der Waals surface area contributed by atoms with Crippen molar-refractivity contribution in [2.24, 2.45) is 5.92 Å². The molecule has 1 aromatic carbocycles. The van der Waals surface area contributed by atoms with Crippen LogP contribution in [-0.4, -0.2) is 16.1 Å². The normalized spacial score (nSPS) is 12.5. The van der Waals surface area contributed by atoms with Gasteiger partial charge in [0.1, 0.15) is 0 Å². The monoisotopic (exact) mass is 243 g/mol. The second-order valence-electron chi connectivity index (χ2n) is 4.52. The molecule has 1 heterocycles. The van der Waals surface area contributed by atoms with Crippen molar-refractivity contribution in [2.75, 3.05) is 0 Å². The lowest BCUT2D eigenvalue weighted by Crippen LogP contribution is -2.16. The summed E-state index contributed by atoms with van der Waals surface area (Å²) in [4.78, 5) is 15.6. The molecule has 0 spiro atoms. The van der Waals surface area contributed by atoms with Crippen molar-refractivity contribution in [1.82, 2.24) is 4.98 Å². The van der Waals surface area contributed by atoms with Crippen LogP contribution in [0.25, 0.3) is 10.9 Å². The number of aromatic nitrogens is 1. The van der Waals surface area contributed by atoms with E-state index in [0.717, 1.165) is 22.9 Å². The molecule has 2 rings (SSSR count). The Hall–Kier alpha value is -1.90. The minimum atomic E-state index is -0.718. The molecule has 1 unspecified atom stereocenters. The lowest BCUT2D eigenvalue weighted by Gasteiger charge is -2.12. The first-order valence-electron chi connectivity index (χ1n) is 6.27. The number of aliphatic carboxylic acids is 1. The maximum atomic E-state index is 11.2. The first kappa shape index (κ1) is 12.6. The van der Waals surface area contributed by atoms with Crippen LogP contribution < -0.4 is 0 Å². The molecule has 0 saturated carbocycles. The zero-order chi connectivity index (χ0) is 13.0. The van der Waals surface area contributed by atoms with E-state index in [1.807, 2.05) is 37.3 Å². The van der Waals surface area contributed by atoms with Crippen molar-refractivity contribution in [1.29, 1.82) is 0 Å². The van der Waals surface area contributed by atoms with Crippen LogP contribution >= 0.6 is 0 Å². The predicted molar refractivity (Wildman–Crippen MR) is 71.5 cm³/mol. The van der Waals surface area contributed by atoms with Gasteiger partial charge in [-0.1, -0.05) is 37.6 Å². The van der Waals surface area contributed by atoms with Crippen LogP contribution in [0.15, 0.2) is 36.5 Å². The van der Waals surface area contributed by atoms with Gasteiger partial charge in [0, 0.05) is 11.6 Å². The molecule has 1 atom stereocenters. The smallest absolute Gasteiger partial charge is 0.306 e. The number of hydrogen-bond acceptors (Lipinski definition) is 2. The highest BCUT2D eigenvalue weighted by Gasteiger charge is 2.18. The summed E-state index contributed by atoms with van der Waals surface area (Å²) in [7, 11) is 0. The first-order chi connectivity index (χ1) is 8.72. The van der Waals surface area contributed by atoms with Crippen LogP contribution in [0.1, 0.15) is 25.3 Å². The van der Waals surface area contributed by atoms with E-state index in [1.165, 1.54) is 0 Å². The number of benzene rings is 1. The Labute approximate surface area is 106 Å². The molecule has 18 heavy (non-hydrogen) atoms. The second-order valence-corrected chi connectivity index (χ2v) is 4.52.